The summed E-state index contributed by atoms with van der Waals surface area (Å²) in [4.78, 5) is 24.5. The lowest BCUT2D eigenvalue weighted by Crippen LogP contribution is -2.18. The first-order valence-corrected chi connectivity index (χ1v) is 9.15. The molecule has 0 spiro atoms. The molecule has 30 heavy (non-hydrogen) atoms. The molecule has 0 atom stereocenters. The van der Waals surface area contributed by atoms with E-state index in [4.69, 9.17) is 4.74 Å². The zero-order valence-electron chi connectivity index (χ0n) is 16.5. The van der Waals surface area contributed by atoms with Crippen LogP contribution < -0.4 is 15.5 Å². The third kappa shape index (κ3) is 5.02. The lowest BCUT2D eigenvalue weighted by atomic mass is 10.1. The number of aryl methyl sites for hydroxylation is 1. The van der Waals surface area contributed by atoms with Crippen LogP contribution in [-0.4, -0.2) is 30.2 Å². The van der Waals surface area contributed by atoms with E-state index in [-0.39, 0.29) is 11.7 Å². The van der Waals surface area contributed by atoms with Gasteiger partial charge in [-0.1, -0.05) is 23.8 Å². The predicted octanol–water partition coefficient (Wildman–Crippen LogP) is 3.73. The van der Waals surface area contributed by atoms with Crippen LogP contribution in [-0.2, 0) is 0 Å². The molecule has 2 amide bonds. The maximum absolute atomic E-state index is 12.3. The lowest BCUT2D eigenvalue weighted by Gasteiger charge is -2.07. The van der Waals surface area contributed by atoms with Gasteiger partial charge in [-0.3, -0.25) is 9.59 Å². The second-order valence-electron chi connectivity index (χ2n) is 6.49. The van der Waals surface area contributed by atoms with Gasteiger partial charge in [0, 0.05) is 22.4 Å². The van der Waals surface area contributed by atoms with Gasteiger partial charge in [0.1, 0.15) is 0 Å². The van der Waals surface area contributed by atoms with Crippen molar-refractivity contribution < 1.29 is 19.4 Å². The minimum absolute atomic E-state index is 0.0633. The molecule has 7 nitrogen and oxygen atoms in total. The maximum atomic E-state index is 12.3. The van der Waals surface area contributed by atoms with Crippen LogP contribution in [0.5, 0.6) is 11.5 Å². The number of phenolic OH excluding ortho intramolecular Hbond substituents is 1. The van der Waals surface area contributed by atoms with Gasteiger partial charge in [0.2, 0.25) is 0 Å². The third-order valence-corrected chi connectivity index (χ3v) is 4.34. The fraction of sp³-hybridized carbons (Fsp3) is 0.0870. The van der Waals surface area contributed by atoms with Crippen LogP contribution in [0.25, 0.3) is 0 Å². The third-order valence-electron chi connectivity index (χ3n) is 4.34. The molecule has 3 aromatic rings. The highest BCUT2D eigenvalue weighted by molar-refractivity contribution is 6.04. The van der Waals surface area contributed by atoms with Crippen molar-refractivity contribution in [1.82, 2.24) is 5.43 Å². The van der Waals surface area contributed by atoms with Crippen molar-refractivity contribution in [3.05, 3.63) is 89.0 Å². The van der Waals surface area contributed by atoms with Gasteiger partial charge >= 0.3 is 0 Å². The Morgan fingerprint density at radius 3 is 2.23 bits per heavy atom. The van der Waals surface area contributed by atoms with Crippen molar-refractivity contribution in [3.63, 3.8) is 0 Å². The number of ether oxygens (including phenoxy) is 1. The number of hydrogen-bond acceptors (Lipinski definition) is 5. The molecule has 3 N–H and O–H groups in total. The van der Waals surface area contributed by atoms with Gasteiger partial charge in [-0.15, -0.1) is 0 Å². The number of para-hydroxylation sites is 1. The Hall–Kier alpha value is -4.13. The Kier molecular flexibility index (Phi) is 6.44. The molecule has 0 aliphatic rings. The number of carbonyl (C=O) groups excluding carboxylic acids is 2. The number of nitrogens with zero attached hydrogens (tertiary/aromatic N) is 1. The Morgan fingerprint density at radius 1 is 0.933 bits per heavy atom. The summed E-state index contributed by atoms with van der Waals surface area (Å²) in [6.45, 7) is 1.95. The monoisotopic (exact) mass is 403 g/mol. The number of benzene rings is 3. The molecule has 0 heterocycles. The number of rotatable bonds is 6. The van der Waals surface area contributed by atoms with Gasteiger partial charge in [-0.2, -0.15) is 5.10 Å². The van der Waals surface area contributed by atoms with Crippen molar-refractivity contribution in [2.24, 2.45) is 5.10 Å². The van der Waals surface area contributed by atoms with E-state index in [0.29, 0.717) is 28.1 Å². The van der Waals surface area contributed by atoms with Gasteiger partial charge in [0.15, 0.2) is 11.5 Å². The van der Waals surface area contributed by atoms with Gasteiger partial charge in [-0.05, 0) is 55.5 Å². The number of phenols is 1. The lowest BCUT2D eigenvalue weighted by molar-refractivity contribution is 0.0954. The van der Waals surface area contributed by atoms with Crippen LogP contribution in [0, 0.1) is 6.92 Å². The van der Waals surface area contributed by atoms with Crippen LogP contribution >= 0.6 is 0 Å². The molecule has 0 aliphatic carbocycles. The average molecular weight is 403 g/mol. The smallest absolute Gasteiger partial charge is 0.271 e. The number of carbonyl (C=O) groups is 2. The molecule has 0 saturated heterocycles. The zero-order valence-corrected chi connectivity index (χ0v) is 16.5. The Morgan fingerprint density at radius 2 is 1.57 bits per heavy atom. The van der Waals surface area contributed by atoms with Crippen molar-refractivity contribution >= 4 is 23.7 Å². The number of methoxy groups -OCH3 is 1. The molecular formula is C23H21N3O4. The summed E-state index contributed by atoms with van der Waals surface area (Å²) in [6, 6.07) is 18.6. The minimum Gasteiger partial charge on any atom is -0.504 e. The Balaban J connectivity index is 1.60. The van der Waals surface area contributed by atoms with E-state index >= 15 is 0 Å². The number of nitrogens with one attached hydrogen (secondary N) is 2. The highest BCUT2D eigenvalue weighted by atomic mass is 16.5. The number of aromatic hydroxyl groups is 1. The summed E-state index contributed by atoms with van der Waals surface area (Å²) in [5.74, 6) is -0.403. The molecule has 7 heteroatoms. The molecular weight excluding hydrogens is 382 g/mol. The summed E-state index contributed by atoms with van der Waals surface area (Å²) in [5.41, 5.74) is 5.37. The van der Waals surface area contributed by atoms with Crippen molar-refractivity contribution in [1.29, 1.82) is 0 Å². The molecule has 0 aliphatic heterocycles. The second kappa shape index (κ2) is 9.38. The first kappa shape index (κ1) is 20.6. The molecule has 3 rings (SSSR count). The van der Waals surface area contributed by atoms with Crippen molar-refractivity contribution in [3.8, 4) is 11.5 Å². The van der Waals surface area contributed by atoms with E-state index in [1.165, 1.54) is 13.3 Å². The second-order valence-corrected chi connectivity index (χ2v) is 6.49. The van der Waals surface area contributed by atoms with Crippen LogP contribution in [0.4, 0.5) is 5.69 Å². The molecule has 0 saturated carbocycles. The zero-order chi connectivity index (χ0) is 21.5. The van der Waals surface area contributed by atoms with E-state index in [9.17, 15) is 14.7 Å². The Bertz CT molecular complexity index is 1070. The summed E-state index contributed by atoms with van der Waals surface area (Å²) in [6.07, 6.45) is 1.33. The van der Waals surface area contributed by atoms with Crippen LogP contribution in [0.3, 0.4) is 0 Å². The van der Waals surface area contributed by atoms with Crippen LogP contribution in [0.1, 0.15) is 31.8 Å². The quantitative estimate of drug-likeness (QED) is 0.431. The van der Waals surface area contributed by atoms with Crippen molar-refractivity contribution in [2.75, 3.05) is 12.4 Å². The van der Waals surface area contributed by atoms with Gasteiger partial charge in [0.25, 0.3) is 11.8 Å². The van der Waals surface area contributed by atoms with E-state index in [1.807, 2.05) is 19.1 Å². The predicted molar refractivity (Wildman–Crippen MR) is 115 cm³/mol. The number of amides is 2. The van der Waals surface area contributed by atoms with Crippen LogP contribution in [0.2, 0.25) is 0 Å². The molecule has 0 unspecified atom stereocenters. The number of hydrazone groups is 1. The van der Waals surface area contributed by atoms with Crippen molar-refractivity contribution in [2.45, 2.75) is 6.92 Å². The molecule has 0 fully saturated rings. The van der Waals surface area contributed by atoms with Gasteiger partial charge in [0.05, 0.1) is 13.3 Å². The average Bonchev–Trinajstić information content (AvgIpc) is 2.75. The van der Waals surface area contributed by atoms with Gasteiger partial charge < -0.3 is 15.2 Å². The number of hydrogen-bond donors (Lipinski definition) is 3. The molecule has 3 aromatic carbocycles. The fourth-order valence-corrected chi connectivity index (χ4v) is 2.65. The normalized spacial score (nSPS) is 10.6. The summed E-state index contributed by atoms with van der Waals surface area (Å²) in [5, 5.41) is 16.7. The molecule has 0 aromatic heterocycles. The SMILES string of the molecule is COc1cccc(/C=N/NC(=O)c2ccc(NC(=O)c3ccc(C)cc3)cc2)c1O. The van der Waals surface area contributed by atoms with E-state index in [2.05, 4.69) is 15.8 Å². The summed E-state index contributed by atoms with van der Waals surface area (Å²) >= 11 is 0. The molecule has 0 radical (unpaired) electrons. The summed E-state index contributed by atoms with van der Waals surface area (Å²) < 4.78 is 5.03. The van der Waals surface area contributed by atoms with E-state index in [1.54, 1.807) is 54.6 Å². The summed E-state index contributed by atoms with van der Waals surface area (Å²) in [7, 11) is 1.45. The standard InChI is InChI=1S/C23H21N3O4/c1-15-6-8-16(9-7-15)22(28)25-19-12-10-17(11-13-19)23(29)26-24-14-18-4-3-5-20(30-2)21(18)27/h3-14,27H,1-2H3,(H,25,28)(H,26,29)/b24-14+. The first-order chi connectivity index (χ1) is 14.5. The maximum Gasteiger partial charge on any atom is 0.271 e. The molecule has 0 bridgehead atoms. The van der Waals surface area contributed by atoms with E-state index in [0.717, 1.165) is 5.56 Å². The van der Waals surface area contributed by atoms with Gasteiger partial charge in [-0.25, -0.2) is 5.43 Å². The van der Waals surface area contributed by atoms with E-state index < -0.39 is 5.91 Å². The molecule has 152 valence electrons. The van der Waals surface area contributed by atoms with Crippen LogP contribution in [0.15, 0.2) is 71.8 Å². The minimum atomic E-state index is -0.426. The Labute approximate surface area is 174 Å². The first-order valence-electron chi connectivity index (χ1n) is 9.15. The highest BCUT2D eigenvalue weighted by Crippen LogP contribution is 2.27. The largest absolute Gasteiger partial charge is 0.504 e. The fourth-order valence-electron chi connectivity index (χ4n) is 2.65. The topological polar surface area (TPSA) is 100 Å². The highest BCUT2D eigenvalue weighted by Gasteiger charge is 2.08. The number of anilines is 1.